The first-order chi connectivity index (χ1) is 13.2. The topological polar surface area (TPSA) is 52.8 Å². The number of ether oxygens (including phenoxy) is 2. The highest BCUT2D eigenvalue weighted by molar-refractivity contribution is 7.98. The lowest BCUT2D eigenvalue weighted by atomic mass is 10.2. The van der Waals surface area contributed by atoms with E-state index in [2.05, 4.69) is 15.8 Å². The highest BCUT2D eigenvalue weighted by Crippen LogP contribution is 2.37. The molecule has 1 amide bonds. The Morgan fingerprint density at radius 2 is 2.04 bits per heavy atom. The van der Waals surface area contributed by atoms with Gasteiger partial charge in [-0.3, -0.25) is 4.79 Å². The second-order valence-electron chi connectivity index (χ2n) is 5.90. The van der Waals surface area contributed by atoms with Crippen molar-refractivity contribution in [1.82, 2.24) is 4.57 Å². The molecule has 3 aromatic rings. The Hall–Kier alpha value is -2.51. The maximum absolute atomic E-state index is 12.4. The highest BCUT2D eigenvalue weighted by Gasteiger charge is 2.17. The number of carbonyl (C=O) groups excluding carboxylic acids is 1. The molecule has 4 rings (SSSR count). The molecule has 138 valence electrons. The molecule has 0 bridgehead atoms. The molecule has 2 aromatic carbocycles. The Balaban J connectivity index is 1.72. The first-order valence-corrected chi connectivity index (χ1v) is 10.7. The van der Waals surface area contributed by atoms with Gasteiger partial charge in [0.1, 0.15) is 0 Å². The standard InChI is InChI=1S/C20H18N2O3S2/c1-26-10-9-22-15-11-16-17(25-13-24-16)12-18(15)27-20(22)21-19(23)8-7-14-5-3-2-4-6-14/h2-8,11-12H,9-10,13H2,1H3/b8-7+,21-20?. The Kier molecular flexibility index (Phi) is 5.31. The molecule has 1 aromatic heterocycles. The van der Waals surface area contributed by atoms with Crippen LogP contribution in [0.3, 0.4) is 0 Å². The summed E-state index contributed by atoms with van der Waals surface area (Å²) in [6.07, 6.45) is 5.35. The number of aryl methyl sites for hydroxylation is 1. The summed E-state index contributed by atoms with van der Waals surface area (Å²) in [5, 5.41) is 0. The van der Waals surface area contributed by atoms with Crippen LogP contribution in [0.5, 0.6) is 11.5 Å². The lowest BCUT2D eigenvalue weighted by Crippen LogP contribution is -2.17. The predicted molar refractivity (Wildman–Crippen MR) is 110 cm³/mol. The summed E-state index contributed by atoms with van der Waals surface area (Å²) in [5.41, 5.74) is 1.98. The number of hydrogen-bond donors (Lipinski definition) is 0. The van der Waals surface area contributed by atoms with Crippen molar-refractivity contribution in [3.8, 4) is 11.5 Å². The highest BCUT2D eigenvalue weighted by atomic mass is 32.2. The van der Waals surface area contributed by atoms with Gasteiger partial charge in [0.05, 0.1) is 10.2 Å². The summed E-state index contributed by atoms with van der Waals surface area (Å²) >= 11 is 3.24. The van der Waals surface area contributed by atoms with Gasteiger partial charge in [0, 0.05) is 30.5 Å². The first-order valence-electron chi connectivity index (χ1n) is 8.48. The molecule has 1 aliphatic rings. The third kappa shape index (κ3) is 3.94. The van der Waals surface area contributed by atoms with Crippen LogP contribution in [0.1, 0.15) is 5.56 Å². The summed E-state index contributed by atoms with van der Waals surface area (Å²) in [6, 6.07) is 13.6. The van der Waals surface area contributed by atoms with E-state index in [1.807, 2.05) is 42.5 Å². The fourth-order valence-corrected chi connectivity index (χ4v) is 4.24. The van der Waals surface area contributed by atoms with E-state index < -0.39 is 0 Å². The molecule has 0 fully saturated rings. The van der Waals surface area contributed by atoms with Gasteiger partial charge in [-0.05, 0) is 17.9 Å². The van der Waals surface area contributed by atoms with Crippen molar-refractivity contribution < 1.29 is 14.3 Å². The molecule has 0 radical (unpaired) electrons. The second-order valence-corrected chi connectivity index (χ2v) is 7.89. The minimum atomic E-state index is -0.275. The number of aromatic nitrogens is 1. The number of nitrogens with zero attached hydrogens (tertiary/aromatic N) is 2. The van der Waals surface area contributed by atoms with Crippen molar-refractivity contribution in [2.75, 3.05) is 18.8 Å². The molecule has 0 N–H and O–H groups in total. The Morgan fingerprint density at radius 3 is 2.81 bits per heavy atom. The van der Waals surface area contributed by atoms with Crippen molar-refractivity contribution in [2.45, 2.75) is 6.54 Å². The summed E-state index contributed by atoms with van der Waals surface area (Å²) < 4.78 is 14.1. The molecule has 0 saturated heterocycles. The summed E-state index contributed by atoms with van der Waals surface area (Å²) in [7, 11) is 0. The van der Waals surface area contributed by atoms with Crippen LogP contribution in [-0.4, -0.2) is 29.3 Å². The van der Waals surface area contributed by atoms with Crippen molar-refractivity contribution in [3.05, 3.63) is 58.9 Å². The van der Waals surface area contributed by atoms with Crippen LogP contribution in [0.4, 0.5) is 0 Å². The minimum Gasteiger partial charge on any atom is -0.454 e. The number of fused-ring (bicyclic) bond motifs is 2. The molecule has 0 spiro atoms. The largest absolute Gasteiger partial charge is 0.454 e. The fourth-order valence-electron chi connectivity index (χ4n) is 2.81. The van der Waals surface area contributed by atoms with E-state index in [9.17, 15) is 4.79 Å². The molecule has 0 unspecified atom stereocenters. The van der Waals surface area contributed by atoms with Gasteiger partial charge in [-0.1, -0.05) is 41.7 Å². The Labute approximate surface area is 165 Å². The number of hydrogen-bond acceptors (Lipinski definition) is 5. The third-order valence-corrected chi connectivity index (χ3v) is 5.75. The minimum absolute atomic E-state index is 0.247. The van der Waals surface area contributed by atoms with E-state index in [-0.39, 0.29) is 12.7 Å². The molecule has 0 atom stereocenters. The molecular weight excluding hydrogens is 380 g/mol. The van der Waals surface area contributed by atoms with E-state index in [1.165, 1.54) is 17.4 Å². The average Bonchev–Trinajstić information content (AvgIpc) is 3.27. The Morgan fingerprint density at radius 1 is 1.26 bits per heavy atom. The first kappa shape index (κ1) is 17.9. The molecule has 5 nitrogen and oxygen atoms in total. The molecule has 0 aliphatic carbocycles. The van der Waals surface area contributed by atoms with Crippen molar-refractivity contribution in [2.24, 2.45) is 4.99 Å². The maximum atomic E-state index is 12.4. The Bertz CT molecular complexity index is 1070. The molecule has 27 heavy (non-hydrogen) atoms. The van der Waals surface area contributed by atoms with Crippen LogP contribution in [0.15, 0.2) is 53.5 Å². The molecule has 1 aliphatic heterocycles. The number of rotatable bonds is 5. The van der Waals surface area contributed by atoms with Gasteiger partial charge >= 0.3 is 0 Å². The van der Waals surface area contributed by atoms with Gasteiger partial charge in [-0.15, -0.1) is 0 Å². The van der Waals surface area contributed by atoms with Gasteiger partial charge in [0.25, 0.3) is 5.91 Å². The summed E-state index contributed by atoms with van der Waals surface area (Å²) in [5.74, 6) is 2.13. The molecule has 0 saturated carbocycles. The maximum Gasteiger partial charge on any atom is 0.272 e. The summed E-state index contributed by atoms with van der Waals surface area (Å²) in [6.45, 7) is 1.02. The monoisotopic (exact) mass is 398 g/mol. The number of benzene rings is 2. The number of thioether (sulfide) groups is 1. The second kappa shape index (κ2) is 8.02. The van der Waals surface area contributed by atoms with Gasteiger partial charge < -0.3 is 14.0 Å². The normalized spacial score (nSPS) is 13.7. The van der Waals surface area contributed by atoms with Gasteiger partial charge in [0.15, 0.2) is 16.3 Å². The number of carbonyl (C=O) groups is 1. The number of amides is 1. The zero-order valence-electron chi connectivity index (χ0n) is 14.8. The quantitative estimate of drug-likeness (QED) is 0.611. The van der Waals surface area contributed by atoms with E-state index in [0.717, 1.165) is 39.6 Å². The molecule has 2 heterocycles. The zero-order chi connectivity index (χ0) is 18.6. The van der Waals surface area contributed by atoms with Crippen LogP contribution in [-0.2, 0) is 11.3 Å². The zero-order valence-corrected chi connectivity index (χ0v) is 16.4. The van der Waals surface area contributed by atoms with Gasteiger partial charge in [-0.25, -0.2) is 0 Å². The summed E-state index contributed by atoms with van der Waals surface area (Å²) in [4.78, 5) is 17.4. The van der Waals surface area contributed by atoms with Crippen LogP contribution in [0.2, 0.25) is 0 Å². The van der Waals surface area contributed by atoms with Gasteiger partial charge in [-0.2, -0.15) is 16.8 Å². The third-order valence-electron chi connectivity index (χ3n) is 4.12. The fraction of sp³-hybridized carbons (Fsp3) is 0.200. The van der Waals surface area contributed by atoms with E-state index in [4.69, 9.17) is 9.47 Å². The van der Waals surface area contributed by atoms with Crippen LogP contribution in [0.25, 0.3) is 16.3 Å². The molecule has 7 heteroatoms. The number of thiazole rings is 1. The van der Waals surface area contributed by atoms with Crippen molar-refractivity contribution in [1.29, 1.82) is 0 Å². The van der Waals surface area contributed by atoms with Gasteiger partial charge in [0.2, 0.25) is 6.79 Å². The molecular formula is C20H18N2O3S2. The SMILES string of the molecule is CSCCn1c(=NC(=O)/C=C/c2ccccc2)sc2cc3c(cc21)OCO3. The lowest BCUT2D eigenvalue weighted by Gasteiger charge is -2.04. The van der Waals surface area contributed by atoms with E-state index in [0.29, 0.717) is 4.80 Å². The van der Waals surface area contributed by atoms with Crippen molar-refractivity contribution in [3.63, 3.8) is 0 Å². The smallest absolute Gasteiger partial charge is 0.272 e. The van der Waals surface area contributed by atoms with Crippen LogP contribution < -0.4 is 14.3 Å². The van der Waals surface area contributed by atoms with E-state index >= 15 is 0 Å². The average molecular weight is 399 g/mol. The van der Waals surface area contributed by atoms with Crippen molar-refractivity contribution >= 4 is 45.3 Å². The van der Waals surface area contributed by atoms with Crippen LogP contribution in [0, 0.1) is 0 Å². The predicted octanol–water partition coefficient (Wildman–Crippen LogP) is 3.94. The lowest BCUT2D eigenvalue weighted by molar-refractivity contribution is -0.113. The van der Waals surface area contributed by atoms with Crippen LogP contribution >= 0.6 is 23.1 Å². The van der Waals surface area contributed by atoms with E-state index in [1.54, 1.807) is 17.8 Å².